The first-order valence-electron chi connectivity index (χ1n) is 13.1. The summed E-state index contributed by atoms with van der Waals surface area (Å²) in [7, 11) is -8.12. The minimum Gasteiger partial charge on any atom is -0.478 e. The Bertz CT molecular complexity index is 2080. The van der Waals surface area contributed by atoms with Gasteiger partial charge in [0.15, 0.2) is 5.65 Å². The molecule has 1 aliphatic carbocycles. The van der Waals surface area contributed by atoms with Crippen molar-refractivity contribution in [2.75, 3.05) is 21.5 Å². The summed E-state index contributed by atoms with van der Waals surface area (Å²) in [6, 6.07) is 18.6. The standard InChI is InChI=1S/C29H26N6O6S2/c1-42(38,39)35(43(2,40)41)20-12-10-19(11-13-20)32-29-30-16-18-17-31-34(27(18)33-29)26-15-14-23-21(8-5-9-24(23)26)22-6-3-4-7-25(22)28(36)37/h3-13,16-17,26H,14-15H2,1-2H3,(H,36,37)(H,30,32,33). The first-order chi connectivity index (χ1) is 20.4. The predicted octanol–water partition coefficient (Wildman–Crippen LogP) is 4.20. The summed E-state index contributed by atoms with van der Waals surface area (Å²) in [6.07, 6.45) is 6.49. The molecule has 0 aliphatic heterocycles. The van der Waals surface area contributed by atoms with Gasteiger partial charge in [0.05, 0.1) is 41.4 Å². The molecule has 1 aliphatic rings. The zero-order valence-electron chi connectivity index (χ0n) is 23.0. The van der Waals surface area contributed by atoms with Crippen LogP contribution >= 0.6 is 0 Å². The van der Waals surface area contributed by atoms with Crippen molar-refractivity contribution in [2.45, 2.75) is 18.9 Å². The number of aromatic nitrogens is 4. The van der Waals surface area contributed by atoms with Crippen molar-refractivity contribution >= 4 is 54.4 Å². The second kappa shape index (κ2) is 10.5. The summed E-state index contributed by atoms with van der Waals surface area (Å²) >= 11 is 0. The maximum absolute atomic E-state index is 12.1. The Morgan fingerprint density at radius 1 is 0.930 bits per heavy atom. The predicted molar refractivity (Wildman–Crippen MR) is 163 cm³/mol. The van der Waals surface area contributed by atoms with E-state index in [1.165, 1.54) is 24.3 Å². The van der Waals surface area contributed by atoms with Gasteiger partial charge in [0, 0.05) is 11.9 Å². The van der Waals surface area contributed by atoms with Crippen LogP contribution in [0, 0.1) is 0 Å². The number of benzene rings is 3. The molecule has 220 valence electrons. The number of aromatic carboxylic acids is 1. The Kier molecular flexibility index (Phi) is 6.89. The van der Waals surface area contributed by atoms with Gasteiger partial charge in [0.25, 0.3) is 0 Å². The second-order valence-corrected chi connectivity index (χ2v) is 14.1. The molecule has 0 saturated heterocycles. The van der Waals surface area contributed by atoms with Gasteiger partial charge in [-0.05, 0) is 65.4 Å². The van der Waals surface area contributed by atoms with Gasteiger partial charge >= 0.3 is 5.97 Å². The average molecular weight is 619 g/mol. The molecular formula is C29H26N6O6S2. The van der Waals surface area contributed by atoms with Gasteiger partial charge in [-0.2, -0.15) is 13.8 Å². The molecule has 0 fully saturated rings. The normalized spacial score (nSPS) is 14.9. The summed E-state index contributed by atoms with van der Waals surface area (Å²) in [6.45, 7) is 0. The van der Waals surface area contributed by atoms with E-state index in [1.54, 1.807) is 24.5 Å². The van der Waals surface area contributed by atoms with Crippen molar-refractivity contribution in [3.63, 3.8) is 0 Å². The third kappa shape index (κ3) is 5.30. The van der Waals surface area contributed by atoms with Crippen LogP contribution in [-0.4, -0.2) is 60.2 Å². The monoisotopic (exact) mass is 618 g/mol. The van der Waals surface area contributed by atoms with Crippen LogP contribution in [0.5, 0.6) is 0 Å². The Labute approximate surface area is 247 Å². The van der Waals surface area contributed by atoms with E-state index in [2.05, 4.69) is 15.4 Å². The van der Waals surface area contributed by atoms with Gasteiger partial charge in [-0.1, -0.05) is 36.4 Å². The van der Waals surface area contributed by atoms with Crippen LogP contribution in [0.2, 0.25) is 0 Å². The molecule has 0 spiro atoms. The Morgan fingerprint density at radius 2 is 1.63 bits per heavy atom. The molecule has 12 nitrogen and oxygen atoms in total. The maximum Gasteiger partial charge on any atom is 0.336 e. The van der Waals surface area contributed by atoms with Gasteiger partial charge in [-0.3, -0.25) is 0 Å². The first kappa shape index (κ1) is 28.3. The number of fused-ring (bicyclic) bond motifs is 2. The van der Waals surface area contributed by atoms with E-state index in [0.29, 0.717) is 20.6 Å². The molecular weight excluding hydrogens is 592 g/mol. The summed E-state index contributed by atoms with van der Waals surface area (Å²) in [4.78, 5) is 21.0. The van der Waals surface area contributed by atoms with Crippen LogP contribution in [0.4, 0.5) is 17.3 Å². The van der Waals surface area contributed by atoms with Gasteiger partial charge in [-0.15, -0.1) is 0 Å². The van der Waals surface area contributed by atoms with Gasteiger partial charge in [0.1, 0.15) is 0 Å². The molecule has 6 rings (SSSR count). The molecule has 14 heteroatoms. The van der Waals surface area contributed by atoms with E-state index < -0.39 is 26.0 Å². The lowest BCUT2D eigenvalue weighted by Gasteiger charge is -2.20. The Balaban J connectivity index is 1.31. The van der Waals surface area contributed by atoms with E-state index >= 15 is 0 Å². The van der Waals surface area contributed by atoms with E-state index in [-0.39, 0.29) is 23.2 Å². The Morgan fingerprint density at radius 3 is 2.33 bits per heavy atom. The number of carboxylic acid groups (broad SMARTS) is 1. The highest BCUT2D eigenvalue weighted by molar-refractivity contribution is 8.09. The summed E-state index contributed by atoms with van der Waals surface area (Å²) in [5, 5.41) is 18.2. The van der Waals surface area contributed by atoms with Crippen LogP contribution in [0.3, 0.4) is 0 Å². The fourth-order valence-electron chi connectivity index (χ4n) is 5.59. The maximum atomic E-state index is 12.1. The molecule has 2 heterocycles. The summed E-state index contributed by atoms with van der Waals surface area (Å²) in [5.41, 5.74) is 5.04. The smallest absolute Gasteiger partial charge is 0.336 e. The molecule has 5 aromatic rings. The van der Waals surface area contributed by atoms with Crippen LogP contribution in [-0.2, 0) is 26.5 Å². The van der Waals surface area contributed by atoms with Crippen LogP contribution in [0.1, 0.15) is 33.9 Å². The van der Waals surface area contributed by atoms with Gasteiger partial charge in [-0.25, -0.2) is 31.3 Å². The molecule has 1 atom stereocenters. The zero-order chi connectivity index (χ0) is 30.5. The second-order valence-electron chi connectivity index (χ2n) is 10.2. The molecule has 2 N–H and O–H groups in total. The number of hydrogen-bond donors (Lipinski definition) is 2. The number of anilines is 3. The number of hydrogen-bond acceptors (Lipinski definition) is 9. The molecule has 0 radical (unpaired) electrons. The first-order valence-corrected chi connectivity index (χ1v) is 16.8. The minimum absolute atomic E-state index is 0.0183. The van der Waals surface area contributed by atoms with Crippen LogP contribution < -0.4 is 9.03 Å². The summed E-state index contributed by atoms with van der Waals surface area (Å²) < 4.78 is 50.6. The molecule has 1 unspecified atom stereocenters. The highest BCUT2D eigenvalue weighted by atomic mass is 32.3. The number of sulfonamides is 2. The third-order valence-electron chi connectivity index (χ3n) is 7.25. The van der Waals surface area contributed by atoms with Crippen molar-refractivity contribution in [1.29, 1.82) is 0 Å². The Hall–Kier alpha value is -4.82. The molecule has 3 aromatic carbocycles. The van der Waals surface area contributed by atoms with Crippen molar-refractivity contribution < 1.29 is 26.7 Å². The lowest BCUT2D eigenvalue weighted by molar-refractivity contribution is 0.0697. The minimum atomic E-state index is -4.06. The fraction of sp³-hybridized carbons (Fsp3) is 0.172. The van der Waals surface area contributed by atoms with Crippen LogP contribution in [0.15, 0.2) is 79.1 Å². The molecule has 0 saturated carbocycles. The molecule has 0 bridgehead atoms. The zero-order valence-corrected chi connectivity index (χ0v) is 24.7. The average Bonchev–Trinajstić information content (AvgIpc) is 3.56. The number of nitrogens with one attached hydrogen (secondary N) is 1. The molecule has 0 amide bonds. The lowest BCUT2D eigenvalue weighted by atomic mass is 9.93. The van der Waals surface area contributed by atoms with Gasteiger partial charge < -0.3 is 10.4 Å². The van der Waals surface area contributed by atoms with Gasteiger partial charge in [0.2, 0.25) is 26.0 Å². The van der Waals surface area contributed by atoms with E-state index in [9.17, 15) is 26.7 Å². The van der Waals surface area contributed by atoms with Crippen molar-refractivity contribution in [1.82, 2.24) is 19.7 Å². The van der Waals surface area contributed by atoms with E-state index in [4.69, 9.17) is 4.98 Å². The SMILES string of the molecule is CS(=O)(=O)N(c1ccc(Nc2ncc3cnn(C4CCc5c(-c6ccccc6C(=O)O)cccc54)c3n2)cc1)S(C)(=O)=O. The van der Waals surface area contributed by atoms with Crippen molar-refractivity contribution in [2.24, 2.45) is 0 Å². The molecule has 43 heavy (non-hydrogen) atoms. The van der Waals surface area contributed by atoms with Crippen molar-refractivity contribution in [3.05, 3.63) is 95.8 Å². The fourth-order valence-corrected chi connectivity index (χ4v) is 8.57. The highest BCUT2D eigenvalue weighted by Crippen LogP contribution is 2.41. The summed E-state index contributed by atoms with van der Waals surface area (Å²) in [5.74, 6) is -0.706. The highest BCUT2D eigenvalue weighted by Gasteiger charge is 2.30. The largest absolute Gasteiger partial charge is 0.478 e. The number of rotatable bonds is 8. The number of nitrogens with zero attached hydrogens (tertiary/aromatic N) is 5. The van der Waals surface area contributed by atoms with Crippen LogP contribution in [0.25, 0.3) is 22.2 Å². The quantitative estimate of drug-likeness (QED) is 0.258. The van der Waals surface area contributed by atoms with Crippen molar-refractivity contribution in [3.8, 4) is 11.1 Å². The topological polar surface area (TPSA) is 164 Å². The lowest BCUT2D eigenvalue weighted by Crippen LogP contribution is -2.35. The van der Waals surface area contributed by atoms with E-state index in [1.807, 2.05) is 35.0 Å². The van der Waals surface area contributed by atoms with E-state index in [0.717, 1.165) is 47.4 Å². The number of carboxylic acids is 1. The number of carbonyl (C=O) groups is 1. The molecule has 2 aromatic heterocycles. The third-order valence-corrected chi connectivity index (χ3v) is 10.5.